The lowest BCUT2D eigenvalue weighted by molar-refractivity contribution is -0.125. The zero-order chi connectivity index (χ0) is 46.0. The highest BCUT2D eigenvalue weighted by atomic mass is 35.5. The molecule has 346 valence electrons. The van der Waals surface area contributed by atoms with E-state index in [1.165, 1.54) is 11.1 Å². The number of halogens is 3. The first kappa shape index (κ1) is 44.7. The fourth-order valence-corrected chi connectivity index (χ4v) is 12.3. The van der Waals surface area contributed by atoms with Gasteiger partial charge < -0.3 is 15.5 Å². The number of piperazine rings is 1. The predicted molar refractivity (Wildman–Crippen MR) is 250 cm³/mol. The highest BCUT2D eigenvalue weighted by Crippen LogP contribution is 2.64. The maximum atomic E-state index is 16.4. The van der Waals surface area contributed by atoms with E-state index in [1.54, 1.807) is 24.4 Å². The first-order valence-electron chi connectivity index (χ1n) is 23.3. The van der Waals surface area contributed by atoms with E-state index in [9.17, 15) is 19.2 Å². The minimum Gasteiger partial charge on any atom is -0.352 e. The minimum atomic E-state index is -1.32. The Morgan fingerprint density at radius 3 is 2.45 bits per heavy atom. The lowest BCUT2D eigenvalue weighted by atomic mass is 9.53. The van der Waals surface area contributed by atoms with Crippen LogP contribution in [0.3, 0.4) is 0 Å². The van der Waals surface area contributed by atoms with Crippen molar-refractivity contribution < 1.29 is 23.6 Å². The summed E-state index contributed by atoms with van der Waals surface area (Å²) >= 11 is 12.8. The van der Waals surface area contributed by atoms with Crippen molar-refractivity contribution >= 4 is 64.1 Å². The highest BCUT2D eigenvalue weighted by Gasteiger charge is 2.73. The minimum absolute atomic E-state index is 0.0418. The zero-order valence-electron chi connectivity index (χ0n) is 37.3. The third-order valence-electron chi connectivity index (χ3n) is 15.5. The van der Waals surface area contributed by atoms with Crippen molar-refractivity contribution in [1.29, 1.82) is 0 Å². The third kappa shape index (κ3) is 7.92. The fourth-order valence-electron chi connectivity index (χ4n) is 11.9. The molecule has 2 aliphatic carbocycles. The number of benzene rings is 1. The van der Waals surface area contributed by atoms with Gasteiger partial charge in [0.25, 0.3) is 0 Å². The van der Waals surface area contributed by atoms with Gasteiger partial charge in [0.15, 0.2) is 16.6 Å². The van der Waals surface area contributed by atoms with Gasteiger partial charge in [-0.2, -0.15) is 0 Å². The number of aromatic nitrogens is 3. The van der Waals surface area contributed by atoms with Crippen molar-refractivity contribution in [2.75, 3.05) is 56.0 Å². The fraction of sp³-hybridized carbons (Fsp3) is 0.510. The molecule has 7 heterocycles. The van der Waals surface area contributed by atoms with Crippen molar-refractivity contribution in [3.05, 3.63) is 87.7 Å². The van der Waals surface area contributed by atoms with Crippen LogP contribution in [0.25, 0.3) is 5.65 Å². The number of imidazole rings is 1. The summed E-state index contributed by atoms with van der Waals surface area (Å²) in [4.78, 5) is 68.8. The maximum Gasteiger partial charge on any atom is 0.329 e. The van der Waals surface area contributed by atoms with Crippen LogP contribution < -0.4 is 26.2 Å². The van der Waals surface area contributed by atoms with Crippen LogP contribution in [0, 0.1) is 29.0 Å². The number of amides is 5. The van der Waals surface area contributed by atoms with Crippen LogP contribution in [0.1, 0.15) is 94.2 Å². The smallest absolute Gasteiger partial charge is 0.329 e. The zero-order valence-corrected chi connectivity index (χ0v) is 38.8. The van der Waals surface area contributed by atoms with Crippen molar-refractivity contribution in [2.45, 2.75) is 101 Å². The van der Waals surface area contributed by atoms with Crippen molar-refractivity contribution in [1.82, 2.24) is 40.1 Å². The van der Waals surface area contributed by atoms with Gasteiger partial charge in [-0.25, -0.2) is 19.2 Å². The lowest BCUT2D eigenvalue weighted by Crippen LogP contribution is -2.61. The normalized spacial score (nSPS) is 27.4. The summed E-state index contributed by atoms with van der Waals surface area (Å²) in [6.07, 6.45) is 11.7. The second-order valence-corrected chi connectivity index (χ2v) is 20.7. The van der Waals surface area contributed by atoms with Gasteiger partial charge in [-0.1, -0.05) is 55.0 Å². The van der Waals surface area contributed by atoms with E-state index in [1.807, 2.05) is 28.8 Å². The van der Waals surface area contributed by atoms with Gasteiger partial charge >= 0.3 is 6.03 Å². The molecule has 4 aromatic rings. The van der Waals surface area contributed by atoms with Crippen molar-refractivity contribution in [2.24, 2.45) is 11.3 Å². The van der Waals surface area contributed by atoms with Gasteiger partial charge in [-0.15, -0.1) is 0 Å². The van der Waals surface area contributed by atoms with Crippen LogP contribution in [-0.2, 0) is 19.8 Å². The molecule has 6 aliphatic rings. The molecule has 4 aliphatic heterocycles. The molecule has 1 aromatic carbocycles. The number of rotatable bonds is 7. The molecule has 5 amide bonds. The Hall–Kier alpha value is -5.11. The van der Waals surface area contributed by atoms with Crippen molar-refractivity contribution in [3.8, 4) is 11.8 Å². The van der Waals surface area contributed by atoms with Crippen molar-refractivity contribution in [3.63, 3.8) is 0 Å². The van der Waals surface area contributed by atoms with Gasteiger partial charge in [0.2, 0.25) is 17.7 Å². The molecular formula is C49H55Cl2FN10O4. The number of nitrogens with zero attached hydrogens (tertiary/aromatic N) is 6. The Morgan fingerprint density at radius 1 is 0.939 bits per heavy atom. The van der Waals surface area contributed by atoms with E-state index >= 15 is 4.39 Å². The standard InChI is InChI=1S/C49H55Cl2FN10O4/c1-47(2)15-17-48(18-16-47)49(35-12-9-32(50)27-36(35)56-45(49)65)39(34-13-19-53-42(51)40(34)52)41(58-48)44(64)55-33-10-7-30(8-11-33)29-60-25-23-59(24-26-60)20-3-5-31-6-4-21-61-38(28-54-43(31)61)62-22-14-37(63)57-46(62)66/h4,6,9,12-13,19,21,27-28,30,33,39,41,58H,7-8,10-11,14-18,20,22-26,29H2,1-2H3,(H,55,64)(H,56,65)(H,57,63,66)/t30-,33-,39-,41?,49+/m0/s1. The molecule has 2 spiro atoms. The van der Waals surface area contributed by atoms with E-state index < -0.39 is 34.8 Å². The number of imide groups is 1. The summed E-state index contributed by atoms with van der Waals surface area (Å²) in [7, 11) is 0. The molecule has 2 saturated carbocycles. The average Bonchev–Trinajstić information content (AvgIpc) is 3.95. The molecule has 3 aromatic heterocycles. The average molecular weight is 938 g/mol. The Morgan fingerprint density at radius 2 is 1.70 bits per heavy atom. The summed E-state index contributed by atoms with van der Waals surface area (Å²) in [5.41, 5.74) is 0.824. The Labute approximate surface area is 393 Å². The van der Waals surface area contributed by atoms with E-state index in [4.69, 9.17) is 23.2 Å². The molecular weight excluding hydrogens is 883 g/mol. The second-order valence-electron chi connectivity index (χ2n) is 19.9. The second kappa shape index (κ2) is 17.5. The summed E-state index contributed by atoms with van der Waals surface area (Å²) in [5.74, 6) is 5.33. The summed E-state index contributed by atoms with van der Waals surface area (Å²) in [6, 6.07) is 9.35. The SMILES string of the molecule is CC1(C)CCC2(CC1)NC(C(=O)N[C@H]1CC[C@H](CN3CCN(CC#Cc4cccn5c(N6CCC(=O)NC6=O)cnc45)CC3)CC1)[C@H](c1ccnc(Cl)c1F)[C@]21C(=O)Nc2cc(Cl)ccc21. The van der Waals surface area contributed by atoms with Gasteiger partial charge in [-0.3, -0.25) is 39.2 Å². The number of carbonyl (C=O) groups excluding carboxylic acids is 4. The van der Waals surface area contributed by atoms with Gasteiger partial charge in [0.1, 0.15) is 11.2 Å². The molecule has 0 bridgehead atoms. The van der Waals surface area contributed by atoms with Crippen LogP contribution >= 0.6 is 23.2 Å². The lowest BCUT2D eigenvalue weighted by Gasteiger charge is -2.50. The largest absolute Gasteiger partial charge is 0.352 e. The Kier molecular flexibility index (Phi) is 11.9. The number of nitrogens with one attached hydrogen (secondary N) is 4. The Balaban J connectivity index is 0.772. The number of hydrogen-bond acceptors (Lipinski definition) is 9. The molecule has 4 N–H and O–H groups in total. The number of anilines is 2. The number of fused-ring (bicyclic) bond motifs is 4. The van der Waals surface area contributed by atoms with Crippen LogP contribution in [0.5, 0.6) is 0 Å². The molecule has 10 rings (SSSR count). The Bertz CT molecular complexity index is 2660. The molecule has 14 nitrogen and oxygen atoms in total. The number of hydrogen-bond donors (Lipinski definition) is 4. The van der Waals surface area contributed by atoms with Gasteiger partial charge in [-0.05, 0) is 104 Å². The molecule has 5 fully saturated rings. The van der Waals surface area contributed by atoms with Crippen LogP contribution in [-0.4, -0.2) is 111 Å². The quantitative estimate of drug-likeness (QED) is 0.124. The van der Waals surface area contributed by atoms with Crippen LogP contribution in [0.4, 0.5) is 20.7 Å². The van der Waals surface area contributed by atoms with E-state index in [0.29, 0.717) is 54.0 Å². The monoisotopic (exact) mass is 936 g/mol. The number of carbonyl (C=O) groups is 4. The topological polar surface area (TPSA) is 156 Å². The first-order valence-corrected chi connectivity index (χ1v) is 24.0. The summed E-state index contributed by atoms with van der Waals surface area (Å²) < 4.78 is 18.2. The molecule has 66 heavy (non-hydrogen) atoms. The van der Waals surface area contributed by atoms with E-state index in [0.717, 1.165) is 82.4 Å². The van der Waals surface area contributed by atoms with Crippen LogP contribution in [0.2, 0.25) is 10.2 Å². The molecule has 3 saturated heterocycles. The molecule has 17 heteroatoms. The number of urea groups is 1. The summed E-state index contributed by atoms with van der Waals surface area (Å²) in [5, 5.41) is 12.8. The predicted octanol–water partition coefficient (Wildman–Crippen LogP) is 6.25. The van der Waals surface area contributed by atoms with Gasteiger partial charge in [0, 0.05) is 86.3 Å². The molecule has 3 atom stereocenters. The van der Waals surface area contributed by atoms with Crippen LogP contribution in [0.15, 0.2) is 55.0 Å². The molecule has 0 radical (unpaired) electrons. The highest BCUT2D eigenvalue weighted by molar-refractivity contribution is 6.31. The maximum absolute atomic E-state index is 16.4. The van der Waals surface area contributed by atoms with Gasteiger partial charge in [0.05, 0.1) is 24.3 Å². The first-order chi connectivity index (χ1) is 31.7. The van der Waals surface area contributed by atoms with E-state index in [-0.39, 0.29) is 46.3 Å². The number of pyridine rings is 2. The molecule has 1 unspecified atom stereocenters. The third-order valence-corrected chi connectivity index (χ3v) is 16.0. The summed E-state index contributed by atoms with van der Waals surface area (Å²) in [6.45, 7) is 10.1. The van der Waals surface area contributed by atoms with E-state index in [2.05, 4.69) is 66.7 Å².